The highest BCUT2D eigenvalue weighted by atomic mass is 35.5. The first-order valence-corrected chi connectivity index (χ1v) is 7.63. The lowest BCUT2D eigenvalue weighted by Gasteiger charge is -2.24. The fourth-order valence-corrected chi connectivity index (χ4v) is 3.57. The van der Waals surface area contributed by atoms with E-state index in [1.165, 1.54) is 0 Å². The molecule has 0 radical (unpaired) electrons. The molecule has 1 aliphatic rings. The van der Waals surface area contributed by atoms with E-state index in [0.717, 1.165) is 22.3 Å². The molecule has 22 heavy (non-hydrogen) atoms. The summed E-state index contributed by atoms with van der Waals surface area (Å²) in [5.74, 6) is -0.638. The van der Waals surface area contributed by atoms with Gasteiger partial charge in [-0.15, -0.1) is 0 Å². The Labute approximate surface area is 135 Å². The maximum Gasteiger partial charge on any atom is 0.196 e. The van der Waals surface area contributed by atoms with E-state index < -0.39 is 4.87 Å². The van der Waals surface area contributed by atoms with Gasteiger partial charge < -0.3 is 0 Å². The maximum absolute atomic E-state index is 12.8. The zero-order chi connectivity index (χ0) is 16.2. The molecule has 2 aromatic rings. The molecule has 0 fully saturated rings. The second-order valence-corrected chi connectivity index (χ2v) is 6.55. The van der Waals surface area contributed by atoms with Gasteiger partial charge >= 0.3 is 0 Å². The molecule has 3 rings (SSSR count). The second kappa shape index (κ2) is 4.79. The molecule has 0 bridgehead atoms. The average molecular weight is 313 g/mol. The fourth-order valence-electron chi connectivity index (χ4n) is 3.17. The first-order valence-electron chi connectivity index (χ1n) is 7.25. The SMILES string of the molecule is Cc1cc(C2(Cl)C(=O)c3ccccc3C2=O)c(C)c(C)c1C. The van der Waals surface area contributed by atoms with E-state index in [-0.39, 0.29) is 11.6 Å². The molecule has 0 saturated heterocycles. The minimum Gasteiger partial charge on any atom is -0.291 e. The number of aryl methyl sites for hydroxylation is 1. The van der Waals surface area contributed by atoms with Gasteiger partial charge in [0.1, 0.15) is 0 Å². The molecule has 0 aromatic heterocycles. The summed E-state index contributed by atoms with van der Waals surface area (Å²) in [6.45, 7) is 7.93. The molecular formula is C19H17ClO2. The number of carbonyl (C=O) groups excluding carboxylic acids is 2. The Morgan fingerprint density at radius 2 is 1.32 bits per heavy atom. The molecule has 3 heteroatoms. The Morgan fingerprint density at radius 3 is 1.82 bits per heavy atom. The lowest BCUT2D eigenvalue weighted by atomic mass is 9.84. The molecule has 1 aliphatic carbocycles. The highest BCUT2D eigenvalue weighted by Gasteiger charge is 2.53. The normalized spacial score (nSPS) is 16.0. The van der Waals surface area contributed by atoms with Crippen molar-refractivity contribution in [3.63, 3.8) is 0 Å². The number of ketones is 2. The third kappa shape index (κ3) is 1.74. The van der Waals surface area contributed by atoms with Gasteiger partial charge in [-0.25, -0.2) is 0 Å². The number of carbonyl (C=O) groups is 2. The van der Waals surface area contributed by atoms with Gasteiger partial charge in [0.25, 0.3) is 0 Å². The molecule has 0 atom stereocenters. The number of benzene rings is 2. The summed E-state index contributed by atoms with van der Waals surface area (Å²) in [7, 11) is 0. The van der Waals surface area contributed by atoms with Crippen molar-refractivity contribution in [1.82, 2.24) is 0 Å². The van der Waals surface area contributed by atoms with Gasteiger partial charge in [-0.1, -0.05) is 41.9 Å². The van der Waals surface area contributed by atoms with E-state index in [4.69, 9.17) is 11.6 Å². The number of Topliss-reactive ketones (excluding diaryl/α,β-unsaturated/α-hetero) is 2. The highest BCUT2D eigenvalue weighted by molar-refractivity contribution is 6.54. The van der Waals surface area contributed by atoms with Crippen molar-refractivity contribution in [3.8, 4) is 0 Å². The third-order valence-corrected chi connectivity index (χ3v) is 5.44. The Balaban J connectivity index is 2.30. The van der Waals surface area contributed by atoms with Crippen molar-refractivity contribution in [3.05, 3.63) is 69.3 Å². The number of fused-ring (bicyclic) bond motifs is 1. The van der Waals surface area contributed by atoms with Crippen LogP contribution >= 0.6 is 11.6 Å². The Kier molecular flexibility index (Phi) is 3.26. The van der Waals surface area contributed by atoms with E-state index in [9.17, 15) is 9.59 Å². The van der Waals surface area contributed by atoms with Gasteiger partial charge in [0.2, 0.25) is 0 Å². The molecule has 0 unspecified atom stereocenters. The van der Waals surface area contributed by atoms with Gasteiger partial charge in [0.05, 0.1) is 0 Å². The van der Waals surface area contributed by atoms with Crippen molar-refractivity contribution in [2.75, 3.05) is 0 Å². The summed E-state index contributed by atoms with van der Waals surface area (Å²) in [4.78, 5) is 24.0. The number of hydrogen-bond donors (Lipinski definition) is 0. The van der Waals surface area contributed by atoms with Crippen molar-refractivity contribution in [1.29, 1.82) is 0 Å². The van der Waals surface area contributed by atoms with E-state index >= 15 is 0 Å². The van der Waals surface area contributed by atoms with E-state index in [2.05, 4.69) is 0 Å². The van der Waals surface area contributed by atoms with Gasteiger partial charge in [0, 0.05) is 11.1 Å². The van der Waals surface area contributed by atoms with Gasteiger partial charge in [-0.2, -0.15) is 0 Å². The fraction of sp³-hybridized carbons (Fsp3) is 0.263. The Hall–Kier alpha value is -1.93. The van der Waals surface area contributed by atoms with Crippen LogP contribution in [-0.2, 0) is 4.87 Å². The molecule has 0 spiro atoms. The molecule has 112 valence electrons. The zero-order valence-electron chi connectivity index (χ0n) is 13.1. The molecule has 0 amide bonds. The molecule has 0 heterocycles. The molecule has 0 saturated carbocycles. The molecule has 2 nitrogen and oxygen atoms in total. The van der Waals surface area contributed by atoms with Crippen LogP contribution in [-0.4, -0.2) is 11.6 Å². The Bertz CT molecular complexity index is 799. The Morgan fingerprint density at radius 1 is 0.818 bits per heavy atom. The summed E-state index contributed by atoms with van der Waals surface area (Å²) in [6, 6.07) is 8.73. The van der Waals surface area contributed by atoms with E-state index in [0.29, 0.717) is 16.7 Å². The number of alkyl halides is 1. The molecule has 0 aliphatic heterocycles. The van der Waals surface area contributed by atoms with E-state index in [1.807, 2.05) is 33.8 Å². The zero-order valence-corrected chi connectivity index (χ0v) is 13.8. The largest absolute Gasteiger partial charge is 0.291 e. The van der Waals surface area contributed by atoms with Crippen LogP contribution in [0.2, 0.25) is 0 Å². The number of rotatable bonds is 1. The maximum atomic E-state index is 12.8. The van der Waals surface area contributed by atoms with Crippen LogP contribution in [0, 0.1) is 27.7 Å². The number of halogens is 1. The summed E-state index contributed by atoms with van der Waals surface area (Å²) in [6.07, 6.45) is 0. The molecule has 0 N–H and O–H groups in total. The summed E-state index contributed by atoms with van der Waals surface area (Å²) < 4.78 is 0. The minimum absolute atomic E-state index is 0.319. The van der Waals surface area contributed by atoms with Crippen LogP contribution in [0.5, 0.6) is 0 Å². The van der Waals surface area contributed by atoms with Crippen LogP contribution in [0.4, 0.5) is 0 Å². The van der Waals surface area contributed by atoms with Crippen LogP contribution in [0.25, 0.3) is 0 Å². The monoisotopic (exact) mass is 312 g/mol. The quantitative estimate of drug-likeness (QED) is 0.576. The second-order valence-electron chi connectivity index (χ2n) is 5.98. The van der Waals surface area contributed by atoms with Gasteiger partial charge in [-0.3, -0.25) is 9.59 Å². The summed E-state index contributed by atoms with van der Waals surface area (Å²) >= 11 is 6.66. The first-order chi connectivity index (χ1) is 10.3. The standard InChI is InChI=1S/C19H17ClO2/c1-10-9-16(13(4)12(3)11(10)2)19(20)17(21)14-7-5-6-8-15(14)18(19)22/h5-9H,1-4H3. The van der Waals surface area contributed by atoms with Gasteiger partial charge in [-0.05, 0) is 55.5 Å². The van der Waals surface area contributed by atoms with Crippen LogP contribution in [0.15, 0.2) is 30.3 Å². The summed E-state index contributed by atoms with van der Waals surface area (Å²) in [5, 5.41) is 0. The predicted octanol–water partition coefficient (Wildman–Crippen LogP) is 4.43. The van der Waals surface area contributed by atoms with Crippen LogP contribution < -0.4 is 0 Å². The van der Waals surface area contributed by atoms with E-state index in [1.54, 1.807) is 24.3 Å². The van der Waals surface area contributed by atoms with Crippen molar-refractivity contribution in [2.45, 2.75) is 32.6 Å². The lowest BCUT2D eigenvalue weighted by Crippen LogP contribution is -2.33. The van der Waals surface area contributed by atoms with Crippen molar-refractivity contribution in [2.24, 2.45) is 0 Å². The number of hydrogen-bond acceptors (Lipinski definition) is 2. The first kappa shape index (κ1) is 15.0. The molecule has 2 aromatic carbocycles. The summed E-state index contributed by atoms with van der Waals surface area (Å²) in [5.41, 5.74) is 5.63. The lowest BCUT2D eigenvalue weighted by molar-refractivity contribution is 0.0860. The van der Waals surface area contributed by atoms with Gasteiger partial charge in [0.15, 0.2) is 16.4 Å². The van der Waals surface area contributed by atoms with Crippen molar-refractivity contribution < 1.29 is 9.59 Å². The average Bonchev–Trinajstić information content (AvgIpc) is 2.72. The highest BCUT2D eigenvalue weighted by Crippen LogP contribution is 2.45. The predicted molar refractivity (Wildman–Crippen MR) is 88.0 cm³/mol. The topological polar surface area (TPSA) is 34.1 Å². The minimum atomic E-state index is -1.63. The van der Waals surface area contributed by atoms with Crippen molar-refractivity contribution >= 4 is 23.2 Å². The smallest absolute Gasteiger partial charge is 0.196 e. The van der Waals surface area contributed by atoms with Crippen LogP contribution in [0.3, 0.4) is 0 Å². The third-order valence-electron chi connectivity index (χ3n) is 4.89. The van der Waals surface area contributed by atoms with Crippen LogP contribution in [0.1, 0.15) is 48.5 Å². The molecular weight excluding hydrogens is 296 g/mol.